The van der Waals surface area contributed by atoms with Crippen LogP contribution >= 0.6 is 15.9 Å². The normalized spacial score (nSPS) is 10.7. The summed E-state index contributed by atoms with van der Waals surface area (Å²) in [7, 11) is 1.68. The second-order valence-electron chi connectivity index (χ2n) is 4.50. The molecule has 0 saturated carbocycles. The molecule has 0 unspecified atom stereocenters. The van der Waals surface area contributed by atoms with E-state index in [4.69, 9.17) is 14.2 Å². The molecule has 4 heteroatoms. The summed E-state index contributed by atoms with van der Waals surface area (Å²) in [6, 6.07) is 4.32. The van der Waals surface area contributed by atoms with Crippen molar-refractivity contribution in [3.63, 3.8) is 0 Å². The molecule has 0 aromatic heterocycles. The molecule has 0 spiro atoms. The molecule has 1 aromatic rings. The fourth-order valence-corrected chi connectivity index (χ4v) is 2.25. The Morgan fingerprint density at radius 2 is 1.68 bits per heavy atom. The molecule has 0 aliphatic carbocycles. The number of benzene rings is 1. The van der Waals surface area contributed by atoms with Crippen LogP contribution in [0.3, 0.4) is 0 Å². The van der Waals surface area contributed by atoms with E-state index in [-0.39, 0.29) is 0 Å². The maximum atomic E-state index is 5.85. The van der Waals surface area contributed by atoms with E-state index in [9.17, 15) is 0 Å². The first-order valence-corrected chi connectivity index (χ1v) is 7.66. The van der Waals surface area contributed by atoms with Gasteiger partial charge in [-0.25, -0.2) is 0 Å². The van der Waals surface area contributed by atoms with Gasteiger partial charge < -0.3 is 14.2 Å². The summed E-state index contributed by atoms with van der Waals surface area (Å²) in [5.41, 5.74) is 3.66. The predicted octanol–water partition coefficient (Wildman–Crippen LogP) is 3.63. The molecule has 0 N–H and O–H groups in total. The van der Waals surface area contributed by atoms with Crippen molar-refractivity contribution in [2.24, 2.45) is 0 Å². The van der Waals surface area contributed by atoms with Crippen molar-refractivity contribution < 1.29 is 14.2 Å². The van der Waals surface area contributed by atoms with Crippen LogP contribution in [0, 0.1) is 13.8 Å². The monoisotopic (exact) mass is 330 g/mol. The molecule has 0 atom stereocenters. The highest BCUT2D eigenvalue weighted by Gasteiger charge is 2.05. The largest absolute Gasteiger partial charge is 0.493 e. The average Bonchev–Trinajstić information content (AvgIpc) is 2.40. The second-order valence-corrected chi connectivity index (χ2v) is 5.06. The van der Waals surface area contributed by atoms with Crippen molar-refractivity contribution in [1.82, 2.24) is 0 Å². The number of rotatable bonds is 9. The zero-order chi connectivity index (χ0) is 14.1. The summed E-state index contributed by atoms with van der Waals surface area (Å²) in [4.78, 5) is 0. The molecule has 0 aliphatic heterocycles. The Kier molecular flexibility index (Phi) is 8.10. The van der Waals surface area contributed by atoms with Gasteiger partial charge in [0.05, 0.1) is 19.8 Å². The second kappa shape index (κ2) is 9.34. The summed E-state index contributed by atoms with van der Waals surface area (Å²) in [6.07, 6.45) is 0.892. The molecule has 3 nitrogen and oxygen atoms in total. The van der Waals surface area contributed by atoms with Crippen molar-refractivity contribution in [3.05, 3.63) is 28.8 Å². The van der Waals surface area contributed by atoms with Gasteiger partial charge in [0.15, 0.2) is 0 Å². The summed E-state index contributed by atoms with van der Waals surface area (Å²) < 4.78 is 16.2. The van der Waals surface area contributed by atoms with Gasteiger partial charge in [0.2, 0.25) is 0 Å². The van der Waals surface area contributed by atoms with Crippen LogP contribution in [0.15, 0.2) is 12.1 Å². The number of alkyl halides is 1. The van der Waals surface area contributed by atoms with Crippen molar-refractivity contribution in [1.29, 1.82) is 0 Å². The number of methoxy groups -OCH3 is 1. The van der Waals surface area contributed by atoms with Gasteiger partial charge >= 0.3 is 0 Å². The maximum Gasteiger partial charge on any atom is 0.125 e. The lowest BCUT2D eigenvalue weighted by Crippen LogP contribution is -2.07. The van der Waals surface area contributed by atoms with Gasteiger partial charge in [-0.05, 0) is 30.5 Å². The third kappa shape index (κ3) is 5.93. The number of halogens is 1. The molecule has 1 aromatic carbocycles. The van der Waals surface area contributed by atoms with Gasteiger partial charge in [-0.15, -0.1) is 0 Å². The lowest BCUT2D eigenvalue weighted by molar-refractivity contribution is 0.0643. The van der Waals surface area contributed by atoms with Crippen LogP contribution in [-0.2, 0) is 14.8 Å². The molecule has 19 heavy (non-hydrogen) atoms. The standard InChI is InChI=1S/C15H23BrO3/c1-12-9-14(11-16)10-13(2)15(12)19-6-4-5-18-8-7-17-3/h9-10H,4-8,11H2,1-3H3. The Morgan fingerprint density at radius 1 is 1.00 bits per heavy atom. The smallest absolute Gasteiger partial charge is 0.125 e. The Morgan fingerprint density at radius 3 is 2.26 bits per heavy atom. The summed E-state index contributed by atoms with van der Waals surface area (Å²) in [5, 5.41) is 0.877. The van der Waals surface area contributed by atoms with Crippen LogP contribution in [0.25, 0.3) is 0 Å². The molecule has 0 saturated heterocycles. The molecule has 0 fully saturated rings. The van der Waals surface area contributed by atoms with Gasteiger partial charge in [0, 0.05) is 25.5 Å². The molecule has 0 radical (unpaired) electrons. The van der Waals surface area contributed by atoms with E-state index >= 15 is 0 Å². The highest BCUT2D eigenvalue weighted by Crippen LogP contribution is 2.25. The van der Waals surface area contributed by atoms with Gasteiger partial charge in [-0.1, -0.05) is 28.1 Å². The van der Waals surface area contributed by atoms with Crippen LogP contribution in [-0.4, -0.2) is 33.5 Å². The van der Waals surface area contributed by atoms with Crippen LogP contribution in [0.2, 0.25) is 0 Å². The minimum atomic E-state index is 0.646. The van der Waals surface area contributed by atoms with E-state index in [1.54, 1.807) is 7.11 Å². The quantitative estimate of drug-likeness (QED) is 0.511. The number of ether oxygens (including phenoxy) is 3. The van der Waals surface area contributed by atoms with Gasteiger partial charge in [0.1, 0.15) is 5.75 Å². The average molecular weight is 331 g/mol. The first kappa shape index (κ1) is 16.5. The van der Waals surface area contributed by atoms with E-state index in [1.165, 1.54) is 16.7 Å². The molecular weight excluding hydrogens is 308 g/mol. The molecule has 0 heterocycles. The topological polar surface area (TPSA) is 27.7 Å². The van der Waals surface area contributed by atoms with Crippen LogP contribution in [0.5, 0.6) is 5.75 Å². The SMILES string of the molecule is COCCOCCCOc1c(C)cc(CBr)cc1C. The van der Waals surface area contributed by atoms with Crippen LogP contribution in [0.1, 0.15) is 23.1 Å². The number of aryl methyl sites for hydroxylation is 2. The zero-order valence-electron chi connectivity index (χ0n) is 12.0. The van der Waals surface area contributed by atoms with E-state index in [1.807, 2.05) is 0 Å². The van der Waals surface area contributed by atoms with E-state index in [0.29, 0.717) is 26.4 Å². The lowest BCUT2D eigenvalue weighted by atomic mass is 10.1. The third-order valence-electron chi connectivity index (χ3n) is 2.79. The Labute approximate surface area is 124 Å². The van der Waals surface area contributed by atoms with Crippen LogP contribution in [0.4, 0.5) is 0 Å². The first-order chi connectivity index (χ1) is 9.19. The molecule has 0 bridgehead atoms. The van der Waals surface area contributed by atoms with E-state index in [0.717, 1.165) is 17.5 Å². The summed E-state index contributed by atoms with van der Waals surface area (Å²) in [5.74, 6) is 1.00. The van der Waals surface area contributed by atoms with Crippen molar-refractivity contribution >= 4 is 15.9 Å². The molecule has 0 amide bonds. The third-order valence-corrected chi connectivity index (χ3v) is 3.43. The first-order valence-electron chi connectivity index (χ1n) is 6.54. The predicted molar refractivity (Wildman–Crippen MR) is 81.4 cm³/mol. The van der Waals surface area contributed by atoms with Crippen molar-refractivity contribution in [2.45, 2.75) is 25.6 Å². The number of hydrogen-bond acceptors (Lipinski definition) is 3. The highest BCUT2D eigenvalue weighted by atomic mass is 79.9. The fraction of sp³-hybridized carbons (Fsp3) is 0.600. The summed E-state index contributed by atoms with van der Waals surface area (Å²) >= 11 is 3.48. The van der Waals surface area contributed by atoms with E-state index in [2.05, 4.69) is 41.9 Å². The van der Waals surface area contributed by atoms with Crippen molar-refractivity contribution in [3.8, 4) is 5.75 Å². The van der Waals surface area contributed by atoms with Crippen molar-refractivity contribution in [2.75, 3.05) is 33.5 Å². The van der Waals surface area contributed by atoms with Crippen LogP contribution < -0.4 is 4.74 Å². The molecule has 108 valence electrons. The Bertz CT molecular complexity index is 357. The van der Waals surface area contributed by atoms with Gasteiger partial charge in [-0.3, -0.25) is 0 Å². The van der Waals surface area contributed by atoms with Gasteiger partial charge in [0.25, 0.3) is 0 Å². The lowest BCUT2D eigenvalue weighted by Gasteiger charge is -2.13. The zero-order valence-corrected chi connectivity index (χ0v) is 13.6. The molecular formula is C15H23BrO3. The minimum absolute atomic E-state index is 0.646. The minimum Gasteiger partial charge on any atom is -0.493 e. The Hall–Kier alpha value is -0.580. The number of hydrogen-bond donors (Lipinski definition) is 0. The highest BCUT2D eigenvalue weighted by molar-refractivity contribution is 9.08. The van der Waals surface area contributed by atoms with E-state index < -0.39 is 0 Å². The fourth-order valence-electron chi connectivity index (χ4n) is 1.92. The van der Waals surface area contributed by atoms with Gasteiger partial charge in [-0.2, -0.15) is 0 Å². The molecule has 1 rings (SSSR count). The summed E-state index contributed by atoms with van der Waals surface area (Å²) in [6.45, 7) is 6.86. The molecule has 0 aliphatic rings. The Balaban J connectivity index is 2.33. The maximum absolute atomic E-state index is 5.85.